The van der Waals surface area contributed by atoms with Crippen LogP contribution in [0.1, 0.15) is 20.3 Å². The Labute approximate surface area is 115 Å². The summed E-state index contributed by atoms with van der Waals surface area (Å²) in [5.41, 5.74) is -0.191. The Morgan fingerprint density at radius 2 is 2.17 bits per heavy atom. The number of alkyl halides is 1. The van der Waals surface area contributed by atoms with Gasteiger partial charge in [0, 0.05) is 23.3 Å². The molecule has 0 saturated heterocycles. The van der Waals surface area contributed by atoms with E-state index in [0.717, 1.165) is 0 Å². The largest absolute Gasteiger partial charge is 0.488 e. The van der Waals surface area contributed by atoms with Crippen molar-refractivity contribution >= 4 is 28.9 Å². The molecule has 2 rings (SSSR count). The normalized spacial score (nSPS) is 25.3. The molecule has 1 saturated carbocycles. The molecule has 0 aliphatic heterocycles. The first-order chi connectivity index (χ1) is 8.32. The summed E-state index contributed by atoms with van der Waals surface area (Å²) in [4.78, 5) is 10.2. The monoisotopic (exact) mass is 289 g/mol. The van der Waals surface area contributed by atoms with Crippen LogP contribution in [0, 0.1) is 15.5 Å². The van der Waals surface area contributed by atoms with Crippen molar-refractivity contribution in [2.24, 2.45) is 5.41 Å². The average molecular weight is 290 g/mol. The maximum atomic E-state index is 10.7. The SMILES string of the molecule is CC1(C)C(Cl)CC1Oc1cc([N+](=O)[O-])ccc1Cl. The molecule has 18 heavy (non-hydrogen) atoms. The van der Waals surface area contributed by atoms with Gasteiger partial charge in [-0.1, -0.05) is 25.4 Å². The van der Waals surface area contributed by atoms with Gasteiger partial charge in [-0.3, -0.25) is 10.1 Å². The molecule has 0 heterocycles. The quantitative estimate of drug-likeness (QED) is 0.479. The van der Waals surface area contributed by atoms with Gasteiger partial charge in [0.25, 0.3) is 5.69 Å². The zero-order valence-electron chi connectivity index (χ0n) is 10.0. The number of hydrogen-bond donors (Lipinski definition) is 0. The number of nitro benzene ring substituents is 1. The molecule has 2 atom stereocenters. The molecule has 98 valence electrons. The van der Waals surface area contributed by atoms with Gasteiger partial charge in [0.15, 0.2) is 0 Å². The highest BCUT2D eigenvalue weighted by atomic mass is 35.5. The van der Waals surface area contributed by atoms with E-state index in [0.29, 0.717) is 17.2 Å². The molecule has 1 fully saturated rings. The van der Waals surface area contributed by atoms with Gasteiger partial charge in [0.2, 0.25) is 0 Å². The second-order valence-corrected chi connectivity index (χ2v) is 5.94. The third-order valence-electron chi connectivity index (χ3n) is 3.45. The number of nitrogens with zero attached hydrogens (tertiary/aromatic N) is 1. The summed E-state index contributed by atoms with van der Waals surface area (Å²) in [7, 11) is 0. The third-order valence-corrected chi connectivity index (χ3v) is 4.51. The number of nitro groups is 1. The molecular formula is C12H13Cl2NO3. The molecule has 0 bridgehead atoms. The molecule has 0 N–H and O–H groups in total. The van der Waals surface area contributed by atoms with E-state index in [9.17, 15) is 10.1 Å². The summed E-state index contributed by atoms with van der Waals surface area (Å²) >= 11 is 12.1. The van der Waals surface area contributed by atoms with Crippen molar-refractivity contribution in [2.45, 2.75) is 31.7 Å². The minimum Gasteiger partial charge on any atom is -0.488 e. The van der Waals surface area contributed by atoms with Crippen molar-refractivity contribution in [3.8, 4) is 5.75 Å². The third kappa shape index (κ3) is 2.27. The van der Waals surface area contributed by atoms with E-state index in [2.05, 4.69) is 0 Å². The number of non-ortho nitro benzene ring substituents is 1. The van der Waals surface area contributed by atoms with Crippen LogP contribution in [0.25, 0.3) is 0 Å². The van der Waals surface area contributed by atoms with Crippen molar-refractivity contribution in [1.29, 1.82) is 0 Å². The molecule has 1 aromatic carbocycles. The van der Waals surface area contributed by atoms with E-state index in [1.54, 1.807) is 0 Å². The van der Waals surface area contributed by atoms with E-state index >= 15 is 0 Å². The van der Waals surface area contributed by atoms with Gasteiger partial charge in [-0.2, -0.15) is 0 Å². The zero-order valence-corrected chi connectivity index (χ0v) is 11.5. The lowest BCUT2D eigenvalue weighted by Crippen LogP contribution is -2.53. The lowest BCUT2D eigenvalue weighted by molar-refractivity contribution is -0.385. The van der Waals surface area contributed by atoms with Gasteiger partial charge in [-0.05, 0) is 6.07 Å². The van der Waals surface area contributed by atoms with Crippen LogP contribution >= 0.6 is 23.2 Å². The Bertz CT molecular complexity index is 490. The smallest absolute Gasteiger partial charge is 0.273 e. The Hall–Kier alpha value is -1.000. The van der Waals surface area contributed by atoms with Gasteiger partial charge >= 0.3 is 0 Å². The average Bonchev–Trinajstić information content (AvgIpc) is 2.30. The van der Waals surface area contributed by atoms with E-state index < -0.39 is 4.92 Å². The van der Waals surface area contributed by atoms with Gasteiger partial charge in [0.05, 0.1) is 16.0 Å². The molecule has 0 radical (unpaired) electrons. The maximum Gasteiger partial charge on any atom is 0.273 e. The molecule has 1 aliphatic rings. The van der Waals surface area contributed by atoms with Crippen LogP contribution in [0.5, 0.6) is 5.75 Å². The van der Waals surface area contributed by atoms with Crippen molar-refractivity contribution in [3.05, 3.63) is 33.3 Å². The maximum absolute atomic E-state index is 10.7. The summed E-state index contributed by atoms with van der Waals surface area (Å²) in [6, 6.07) is 4.17. The molecule has 0 spiro atoms. The van der Waals surface area contributed by atoms with Crippen LogP contribution in [0.2, 0.25) is 5.02 Å². The van der Waals surface area contributed by atoms with Crippen LogP contribution in [0.15, 0.2) is 18.2 Å². The molecule has 0 aromatic heterocycles. The second kappa shape index (κ2) is 4.59. The van der Waals surface area contributed by atoms with E-state index in [1.807, 2.05) is 13.8 Å². The highest BCUT2D eigenvalue weighted by molar-refractivity contribution is 6.32. The fraction of sp³-hybridized carbons (Fsp3) is 0.500. The first-order valence-corrected chi connectivity index (χ1v) is 6.38. The minimum atomic E-state index is -0.473. The number of hydrogen-bond acceptors (Lipinski definition) is 3. The highest BCUT2D eigenvalue weighted by Crippen LogP contribution is 2.47. The van der Waals surface area contributed by atoms with Crippen LogP contribution < -0.4 is 4.74 Å². The fourth-order valence-corrected chi connectivity index (χ4v) is 2.35. The van der Waals surface area contributed by atoms with Crippen molar-refractivity contribution in [3.63, 3.8) is 0 Å². The molecule has 1 aromatic rings. The number of ether oxygens (including phenoxy) is 1. The molecule has 6 heteroatoms. The first kappa shape index (κ1) is 13.4. The minimum absolute atomic E-state index is 0.0334. The molecule has 4 nitrogen and oxygen atoms in total. The van der Waals surface area contributed by atoms with Gasteiger partial charge in [-0.25, -0.2) is 0 Å². The first-order valence-electron chi connectivity index (χ1n) is 5.57. The van der Waals surface area contributed by atoms with Crippen LogP contribution in [0.3, 0.4) is 0 Å². The van der Waals surface area contributed by atoms with E-state index in [-0.39, 0.29) is 22.6 Å². The molecular weight excluding hydrogens is 277 g/mol. The molecule has 1 aliphatic carbocycles. The van der Waals surface area contributed by atoms with E-state index in [1.165, 1.54) is 18.2 Å². The van der Waals surface area contributed by atoms with Crippen LogP contribution in [-0.2, 0) is 0 Å². The second-order valence-electron chi connectivity index (χ2n) is 5.00. The summed E-state index contributed by atoms with van der Waals surface area (Å²) in [5.74, 6) is 0.340. The molecule has 0 amide bonds. The fourth-order valence-electron chi connectivity index (χ4n) is 1.89. The Morgan fingerprint density at radius 3 is 2.67 bits per heavy atom. The lowest BCUT2D eigenvalue weighted by atomic mass is 9.68. The van der Waals surface area contributed by atoms with Crippen molar-refractivity contribution in [2.75, 3.05) is 0 Å². The van der Waals surface area contributed by atoms with Crippen LogP contribution in [0.4, 0.5) is 5.69 Å². The number of rotatable bonds is 3. The van der Waals surface area contributed by atoms with Gasteiger partial charge in [-0.15, -0.1) is 11.6 Å². The number of benzene rings is 1. The van der Waals surface area contributed by atoms with Gasteiger partial charge < -0.3 is 4.74 Å². The molecule has 2 unspecified atom stereocenters. The Balaban J connectivity index is 2.19. The van der Waals surface area contributed by atoms with Crippen molar-refractivity contribution < 1.29 is 9.66 Å². The Kier molecular flexibility index (Phi) is 3.43. The van der Waals surface area contributed by atoms with Gasteiger partial charge in [0.1, 0.15) is 11.9 Å². The summed E-state index contributed by atoms with van der Waals surface area (Å²) in [5, 5.41) is 11.1. The summed E-state index contributed by atoms with van der Waals surface area (Å²) < 4.78 is 5.74. The van der Waals surface area contributed by atoms with Crippen LogP contribution in [-0.4, -0.2) is 16.4 Å². The summed E-state index contributed by atoms with van der Waals surface area (Å²) in [6.07, 6.45) is 0.646. The zero-order chi connectivity index (χ0) is 13.5. The standard InChI is InChI=1S/C12H13Cl2NO3/c1-12(2)10(14)6-11(12)18-9-5-7(15(16)17)3-4-8(9)13/h3-5,10-11H,6H2,1-2H3. The lowest BCUT2D eigenvalue weighted by Gasteiger charge is -2.48. The Morgan fingerprint density at radius 1 is 1.50 bits per heavy atom. The van der Waals surface area contributed by atoms with Crippen molar-refractivity contribution in [1.82, 2.24) is 0 Å². The topological polar surface area (TPSA) is 52.4 Å². The predicted octanol–water partition coefficient (Wildman–Crippen LogP) is 4.03. The number of halogens is 2. The summed E-state index contributed by atoms with van der Waals surface area (Å²) in [6.45, 7) is 4.01. The van der Waals surface area contributed by atoms with E-state index in [4.69, 9.17) is 27.9 Å². The highest BCUT2D eigenvalue weighted by Gasteiger charge is 2.49. The predicted molar refractivity (Wildman–Crippen MR) is 70.6 cm³/mol.